The molecule has 1 aliphatic rings. The summed E-state index contributed by atoms with van der Waals surface area (Å²) < 4.78 is 9.33. The monoisotopic (exact) mass is 379 g/mol. The van der Waals surface area contributed by atoms with Gasteiger partial charge in [0.25, 0.3) is 0 Å². The van der Waals surface area contributed by atoms with Crippen molar-refractivity contribution in [1.29, 1.82) is 0 Å². The van der Waals surface area contributed by atoms with Crippen molar-refractivity contribution in [3.8, 4) is 11.1 Å². The van der Waals surface area contributed by atoms with Crippen molar-refractivity contribution in [2.75, 3.05) is 14.2 Å². The number of methoxy groups -OCH3 is 2. The molecule has 0 radical (unpaired) electrons. The van der Waals surface area contributed by atoms with Crippen molar-refractivity contribution in [1.82, 2.24) is 5.32 Å². The van der Waals surface area contributed by atoms with E-state index in [1.165, 1.54) is 26.4 Å². The molecule has 144 valence electrons. The number of ether oxygens (including phenoxy) is 2. The molecular formula is C22H21NO5. The van der Waals surface area contributed by atoms with Crippen molar-refractivity contribution in [2.24, 2.45) is 0 Å². The normalized spacial score (nSPS) is 13.5. The van der Waals surface area contributed by atoms with Gasteiger partial charge in [-0.25, -0.2) is 9.59 Å². The van der Waals surface area contributed by atoms with Crippen LogP contribution in [0.1, 0.15) is 23.5 Å². The van der Waals surface area contributed by atoms with E-state index < -0.39 is 23.9 Å². The fourth-order valence-electron chi connectivity index (χ4n) is 3.42. The summed E-state index contributed by atoms with van der Waals surface area (Å²) in [4.78, 5) is 36.5. The van der Waals surface area contributed by atoms with Crippen LogP contribution in [0.25, 0.3) is 11.1 Å². The largest absolute Gasteiger partial charge is 0.467 e. The van der Waals surface area contributed by atoms with Crippen LogP contribution in [0, 0.1) is 0 Å². The van der Waals surface area contributed by atoms with E-state index in [1.54, 1.807) is 0 Å². The van der Waals surface area contributed by atoms with E-state index in [2.05, 4.69) is 10.1 Å². The van der Waals surface area contributed by atoms with E-state index in [0.717, 1.165) is 22.3 Å². The maximum Gasteiger partial charge on any atom is 0.330 e. The second-order valence-electron chi connectivity index (χ2n) is 6.35. The first kappa shape index (κ1) is 19.4. The van der Waals surface area contributed by atoms with Crippen molar-refractivity contribution in [3.05, 3.63) is 71.8 Å². The van der Waals surface area contributed by atoms with Gasteiger partial charge in [0.2, 0.25) is 5.91 Å². The summed E-state index contributed by atoms with van der Waals surface area (Å²) in [5.41, 5.74) is 3.82. The van der Waals surface area contributed by atoms with Gasteiger partial charge in [0, 0.05) is 6.08 Å². The van der Waals surface area contributed by atoms with Crippen LogP contribution in [-0.4, -0.2) is 38.1 Å². The Balaban J connectivity index is 1.85. The lowest BCUT2D eigenvalue weighted by Crippen LogP contribution is -2.43. The predicted octanol–water partition coefficient (Wildman–Crippen LogP) is 2.58. The van der Waals surface area contributed by atoms with Crippen LogP contribution < -0.4 is 5.32 Å². The molecule has 1 aliphatic carbocycles. The lowest BCUT2D eigenvalue weighted by atomic mass is 9.95. The third-order valence-electron chi connectivity index (χ3n) is 4.73. The molecule has 1 atom stereocenters. The van der Waals surface area contributed by atoms with Crippen LogP contribution in [0.5, 0.6) is 0 Å². The fourth-order valence-corrected chi connectivity index (χ4v) is 3.42. The molecule has 2 aromatic rings. The number of nitrogens with one attached hydrogen (secondary N) is 1. The molecule has 3 rings (SSSR count). The quantitative estimate of drug-likeness (QED) is 0.616. The van der Waals surface area contributed by atoms with Crippen LogP contribution in [0.4, 0.5) is 0 Å². The Kier molecular flexibility index (Phi) is 5.89. The number of carbonyl (C=O) groups is 3. The Morgan fingerprint density at radius 3 is 2.07 bits per heavy atom. The van der Waals surface area contributed by atoms with Gasteiger partial charge in [0.1, 0.15) is 6.04 Å². The van der Waals surface area contributed by atoms with Gasteiger partial charge >= 0.3 is 11.9 Å². The molecule has 0 fully saturated rings. The number of amides is 1. The SMILES string of the molecule is COC(=O)/C=C/C[C@H](NC(=O)C1c2ccccc2-c2ccccc21)C(=O)OC. The average Bonchev–Trinajstić information content (AvgIpc) is 3.06. The molecule has 0 aliphatic heterocycles. The Morgan fingerprint density at radius 1 is 0.964 bits per heavy atom. The zero-order valence-electron chi connectivity index (χ0n) is 15.7. The van der Waals surface area contributed by atoms with Gasteiger partial charge in [-0.05, 0) is 28.7 Å². The van der Waals surface area contributed by atoms with Crippen LogP contribution in [0.2, 0.25) is 0 Å². The summed E-state index contributed by atoms with van der Waals surface area (Å²) >= 11 is 0. The minimum absolute atomic E-state index is 0.115. The highest BCUT2D eigenvalue weighted by Crippen LogP contribution is 2.44. The predicted molar refractivity (Wildman–Crippen MR) is 103 cm³/mol. The van der Waals surface area contributed by atoms with Crippen LogP contribution in [0.15, 0.2) is 60.7 Å². The molecule has 0 spiro atoms. The molecular weight excluding hydrogens is 358 g/mol. The molecule has 0 bridgehead atoms. The van der Waals surface area contributed by atoms with Gasteiger partial charge in [-0.1, -0.05) is 54.6 Å². The number of carbonyl (C=O) groups excluding carboxylic acids is 3. The van der Waals surface area contributed by atoms with Crippen LogP contribution in [-0.2, 0) is 23.9 Å². The molecule has 0 saturated carbocycles. The number of hydrogen-bond acceptors (Lipinski definition) is 5. The molecule has 0 aromatic heterocycles. The lowest BCUT2D eigenvalue weighted by molar-refractivity contribution is -0.145. The van der Waals surface area contributed by atoms with Crippen molar-refractivity contribution >= 4 is 17.8 Å². The average molecular weight is 379 g/mol. The fraction of sp³-hybridized carbons (Fsp3) is 0.227. The van der Waals surface area contributed by atoms with Crippen LogP contribution >= 0.6 is 0 Å². The molecule has 28 heavy (non-hydrogen) atoms. The number of hydrogen-bond donors (Lipinski definition) is 1. The Hall–Kier alpha value is -3.41. The summed E-state index contributed by atoms with van der Waals surface area (Å²) in [7, 11) is 2.52. The van der Waals surface area contributed by atoms with Gasteiger partial charge in [-0.15, -0.1) is 0 Å². The Morgan fingerprint density at radius 2 is 1.54 bits per heavy atom. The van der Waals surface area contributed by atoms with E-state index in [-0.39, 0.29) is 12.3 Å². The number of esters is 2. The lowest BCUT2D eigenvalue weighted by Gasteiger charge is -2.19. The zero-order chi connectivity index (χ0) is 20.1. The van der Waals surface area contributed by atoms with Crippen molar-refractivity contribution < 1.29 is 23.9 Å². The first-order valence-corrected chi connectivity index (χ1v) is 8.87. The first-order chi connectivity index (χ1) is 13.6. The van der Waals surface area contributed by atoms with E-state index in [0.29, 0.717) is 0 Å². The standard InChI is InChI=1S/C22H21NO5/c1-27-19(24)13-7-12-18(22(26)28-2)23-21(25)20-16-10-5-3-8-14(16)15-9-4-6-11-17(15)20/h3-11,13,18,20H,12H2,1-2H3,(H,23,25)/b13-7+/t18-/m0/s1. The minimum atomic E-state index is -0.904. The van der Waals surface area contributed by atoms with Gasteiger partial charge in [0.05, 0.1) is 20.1 Å². The van der Waals surface area contributed by atoms with E-state index in [4.69, 9.17) is 4.74 Å². The number of fused-ring (bicyclic) bond motifs is 3. The van der Waals surface area contributed by atoms with Crippen molar-refractivity contribution in [2.45, 2.75) is 18.4 Å². The zero-order valence-corrected chi connectivity index (χ0v) is 15.7. The highest BCUT2D eigenvalue weighted by molar-refractivity contribution is 5.97. The third kappa shape index (κ3) is 3.81. The maximum atomic E-state index is 13.1. The highest BCUT2D eigenvalue weighted by Gasteiger charge is 2.35. The number of rotatable bonds is 6. The van der Waals surface area contributed by atoms with Gasteiger partial charge < -0.3 is 14.8 Å². The smallest absolute Gasteiger partial charge is 0.330 e. The maximum absolute atomic E-state index is 13.1. The van der Waals surface area contributed by atoms with E-state index >= 15 is 0 Å². The molecule has 0 heterocycles. The second-order valence-corrected chi connectivity index (χ2v) is 6.35. The highest BCUT2D eigenvalue weighted by atomic mass is 16.5. The molecule has 0 saturated heterocycles. The van der Waals surface area contributed by atoms with Gasteiger partial charge in [0.15, 0.2) is 0 Å². The van der Waals surface area contributed by atoms with Crippen molar-refractivity contribution in [3.63, 3.8) is 0 Å². The summed E-state index contributed by atoms with van der Waals surface area (Å²) in [6, 6.07) is 14.6. The number of benzene rings is 2. The summed E-state index contributed by atoms with van der Waals surface area (Å²) in [5, 5.41) is 2.77. The van der Waals surface area contributed by atoms with Gasteiger partial charge in [-0.2, -0.15) is 0 Å². The second kappa shape index (κ2) is 8.52. The third-order valence-corrected chi connectivity index (χ3v) is 4.73. The minimum Gasteiger partial charge on any atom is -0.467 e. The summed E-state index contributed by atoms with van der Waals surface area (Å²) in [6.07, 6.45) is 2.80. The molecule has 0 unspecified atom stereocenters. The molecule has 6 nitrogen and oxygen atoms in total. The van der Waals surface area contributed by atoms with Crippen LogP contribution in [0.3, 0.4) is 0 Å². The molecule has 1 N–H and O–H groups in total. The van der Waals surface area contributed by atoms with E-state index in [9.17, 15) is 14.4 Å². The molecule has 6 heteroatoms. The topological polar surface area (TPSA) is 81.7 Å². The molecule has 2 aromatic carbocycles. The first-order valence-electron chi connectivity index (χ1n) is 8.87. The Bertz CT molecular complexity index is 889. The summed E-state index contributed by atoms with van der Waals surface area (Å²) in [5.74, 6) is -1.92. The summed E-state index contributed by atoms with van der Waals surface area (Å²) in [6.45, 7) is 0. The van der Waals surface area contributed by atoms with E-state index in [1.807, 2.05) is 48.5 Å². The van der Waals surface area contributed by atoms with Gasteiger partial charge in [-0.3, -0.25) is 4.79 Å². The molecule has 1 amide bonds. The Labute approximate surface area is 163 Å².